The normalized spacial score (nSPS) is 12.2. The summed E-state index contributed by atoms with van der Waals surface area (Å²) in [5.41, 5.74) is 1.21. The van der Waals surface area contributed by atoms with Crippen molar-refractivity contribution in [3.8, 4) is 0 Å². The Hall–Kier alpha value is -1.05. The average molecular weight is 454 g/mol. The third kappa shape index (κ3) is 4.74. The van der Waals surface area contributed by atoms with Crippen molar-refractivity contribution in [2.45, 2.75) is 37.0 Å². The fraction of sp³-hybridized carbons (Fsp3) is 0.333. The molecule has 0 aliphatic carbocycles. The third-order valence-corrected chi connectivity index (χ3v) is 8.95. The third-order valence-electron chi connectivity index (χ3n) is 4.44. The minimum Gasteiger partial charge on any atom is -0.207 e. The molecule has 3 aromatic rings. The molecule has 0 unspecified atom stereocenters. The summed E-state index contributed by atoms with van der Waals surface area (Å²) in [6.07, 6.45) is 0.774. The van der Waals surface area contributed by atoms with E-state index in [1.165, 1.54) is 16.9 Å². The van der Waals surface area contributed by atoms with Crippen LogP contribution in [-0.4, -0.2) is 31.6 Å². The maximum Gasteiger partial charge on any atom is 0.244 e. The molecule has 0 amide bonds. The van der Waals surface area contributed by atoms with Gasteiger partial charge in [-0.3, -0.25) is 0 Å². The van der Waals surface area contributed by atoms with Gasteiger partial charge in [0.25, 0.3) is 0 Å². The minimum atomic E-state index is -3.58. The zero-order valence-electron chi connectivity index (χ0n) is 16.2. The first kappa shape index (κ1) is 21.7. The SMILES string of the molecule is CCCN(CCSc1cccc(C)c1)S(=O)(=O)c1c(C)sc2ccc(Cl)cc12. The quantitative estimate of drug-likeness (QED) is 0.372. The Morgan fingerprint density at radius 2 is 1.89 bits per heavy atom. The largest absolute Gasteiger partial charge is 0.244 e. The number of benzene rings is 2. The van der Waals surface area contributed by atoms with Gasteiger partial charge in [-0.25, -0.2) is 8.42 Å². The number of hydrogen-bond acceptors (Lipinski definition) is 4. The molecule has 0 fully saturated rings. The number of sulfonamides is 1. The molecular weight excluding hydrogens is 430 g/mol. The highest BCUT2D eigenvalue weighted by Crippen LogP contribution is 2.37. The Kier molecular flexibility index (Phi) is 7.10. The van der Waals surface area contributed by atoms with Gasteiger partial charge in [0.05, 0.1) is 0 Å². The molecule has 0 aliphatic heterocycles. The molecule has 1 heterocycles. The smallest absolute Gasteiger partial charge is 0.207 e. The number of thiophene rings is 1. The van der Waals surface area contributed by atoms with E-state index in [0.29, 0.717) is 28.8 Å². The van der Waals surface area contributed by atoms with Crippen molar-refractivity contribution in [3.63, 3.8) is 0 Å². The van der Waals surface area contributed by atoms with Crippen LogP contribution in [0.1, 0.15) is 23.8 Å². The van der Waals surface area contributed by atoms with Crippen molar-refractivity contribution in [2.75, 3.05) is 18.8 Å². The standard InChI is InChI=1S/C21H24ClNO2S3/c1-4-10-23(11-12-26-18-7-5-6-15(2)13-18)28(24,25)21-16(3)27-20-9-8-17(22)14-19(20)21/h5-9,13-14H,4,10-12H2,1-3H3. The zero-order valence-corrected chi connectivity index (χ0v) is 19.4. The molecule has 0 N–H and O–H groups in total. The predicted molar refractivity (Wildman–Crippen MR) is 123 cm³/mol. The van der Waals surface area contributed by atoms with E-state index in [1.54, 1.807) is 28.2 Å². The van der Waals surface area contributed by atoms with Gasteiger partial charge in [0.15, 0.2) is 0 Å². The molecule has 1 aromatic heterocycles. The van der Waals surface area contributed by atoms with Crippen LogP contribution in [0.3, 0.4) is 0 Å². The van der Waals surface area contributed by atoms with Crippen LogP contribution < -0.4 is 0 Å². The van der Waals surface area contributed by atoms with Gasteiger partial charge in [-0.1, -0.05) is 36.2 Å². The second kappa shape index (κ2) is 9.18. The van der Waals surface area contributed by atoms with Crippen molar-refractivity contribution < 1.29 is 8.42 Å². The van der Waals surface area contributed by atoms with Gasteiger partial charge >= 0.3 is 0 Å². The van der Waals surface area contributed by atoms with E-state index in [0.717, 1.165) is 26.3 Å². The number of rotatable bonds is 8. The fourth-order valence-electron chi connectivity index (χ4n) is 3.19. The van der Waals surface area contributed by atoms with Crippen LogP contribution >= 0.6 is 34.7 Å². The van der Waals surface area contributed by atoms with Gasteiger partial charge in [0, 0.05) is 43.7 Å². The lowest BCUT2D eigenvalue weighted by Gasteiger charge is -2.22. The van der Waals surface area contributed by atoms with Gasteiger partial charge in [0.1, 0.15) is 4.90 Å². The molecule has 0 spiro atoms. The monoisotopic (exact) mass is 453 g/mol. The molecule has 3 nitrogen and oxygen atoms in total. The molecule has 0 saturated carbocycles. The summed E-state index contributed by atoms with van der Waals surface area (Å²) >= 11 is 9.34. The Morgan fingerprint density at radius 1 is 1.11 bits per heavy atom. The van der Waals surface area contributed by atoms with E-state index in [1.807, 2.05) is 26.0 Å². The second-order valence-electron chi connectivity index (χ2n) is 6.70. The van der Waals surface area contributed by atoms with Crippen LogP contribution in [0.15, 0.2) is 52.3 Å². The van der Waals surface area contributed by atoms with Crippen LogP contribution in [0.2, 0.25) is 5.02 Å². The van der Waals surface area contributed by atoms with Crippen LogP contribution in [0.25, 0.3) is 10.1 Å². The Balaban J connectivity index is 1.86. The van der Waals surface area contributed by atoms with Crippen LogP contribution in [0.4, 0.5) is 0 Å². The highest BCUT2D eigenvalue weighted by molar-refractivity contribution is 7.99. The van der Waals surface area contributed by atoms with Crippen LogP contribution in [0.5, 0.6) is 0 Å². The van der Waals surface area contributed by atoms with Crippen LogP contribution in [-0.2, 0) is 10.0 Å². The molecule has 28 heavy (non-hydrogen) atoms. The predicted octanol–water partition coefficient (Wildman–Crippen LogP) is 6.36. The molecule has 150 valence electrons. The first-order valence-corrected chi connectivity index (χ1v) is 12.8. The highest BCUT2D eigenvalue weighted by atomic mass is 35.5. The number of aryl methyl sites for hydroxylation is 2. The summed E-state index contributed by atoms with van der Waals surface area (Å²) in [5.74, 6) is 0.713. The van der Waals surface area contributed by atoms with Gasteiger partial charge in [0.2, 0.25) is 10.0 Å². The molecule has 3 rings (SSSR count). The topological polar surface area (TPSA) is 37.4 Å². The average Bonchev–Trinajstić information content (AvgIpc) is 2.96. The van der Waals surface area contributed by atoms with E-state index >= 15 is 0 Å². The summed E-state index contributed by atoms with van der Waals surface area (Å²) in [4.78, 5) is 2.38. The molecule has 7 heteroatoms. The molecule has 0 aliphatic rings. The zero-order chi connectivity index (χ0) is 20.3. The summed E-state index contributed by atoms with van der Waals surface area (Å²) < 4.78 is 29.6. The molecule has 0 radical (unpaired) electrons. The van der Waals surface area contributed by atoms with Crippen molar-refractivity contribution in [2.24, 2.45) is 0 Å². The molecular formula is C21H24ClNO2S3. The summed E-state index contributed by atoms with van der Waals surface area (Å²) in [6.45, 7) is 6.93. The van der Waals surface area contributed by atoms with Crippen molar-refractivity contribution in [1.29, 1.82) is 0 Å². The Morgan fingerprint density at radius 3 is 2.61 bits per heavy atom. The summed E-state index contributed by atoms with van der Waals surface area (Å²) in [7, 11) is -3.58. The van der Waals surface area contributed by atoms with E-state index in [2.05, 4.69) is 25.1 Å². The maximum absolute atomic E-state index is 13.5. The number of halogens is 1. The summed E-state index contributed by atoms with van der Waals surface area (Å²) in [5, 5.41) is 1.28. The van der Waals surface area contributed by atoms with E-state index in [4.69, 9.17) is 11.6 Å². The first-order chi connectivity index (χ1) is 13.3. The molecule has 0 bridgehead atoms. The lowest BCUT2D eigenvalue weighted by molar-refractivity contribution is 0.430. The number of fused-ring (bicyclic) bond motifs is 1. The lowest BCUT2D eigenvalue weighted by atomic mass is 10.2. The van der Waals surface area contributed by atoms with Gasteiger partial charge in [-0.15, -0.1) is 23.1 Å². The van der Waals surface area contributed by atoms with Gasteiger partial charge in [-0.2, -0.15) is 4.31 Å². The van der Waals surface area contributed by atoms with Crippen LogP contribution in [0, 0.1) is 13.8 Å². The minimum absolute atomic E-state index is 0.406. The molecule has 0 atom stereocenters. The highest BCUT2D eigenvalue weighted by Gasteiger charge is 2.29. The lowest BCUT2D eigenvalue weighted by Crippen LogP contribution is -2.34. The van der Waals surface area contributed by atoms with E-state index < -0.39 is 10.0 Å². The fourth-order valence-corrected chi connectivity index (χ4v) is 7.74. The number of nitrogens with zero attached hydrogens (tertiary/aromatic N) is 1. The van der Waals surface area contributed by atoms with Crippen molar-refractivity contribution >= 4 is 54.8 Å². The van der Waals surface area contributed by atoms with E-state index in [-0.39, 0.29) is 0 Å². The number of hydrogen-bond donors (Lipinski definition) is 0. The number of thioether (sulfide) groups is 1. The van der Waals surface area contributed by atoms with Crippen molar-refractivity contribution in [1.82, 2.24) is 4.31 Å². The maximum atomic E-state index is 13.5. The Bertz CT molecular complexity index is 1080. The van der Waals surface area contributed by atoms with Gasteiger partial charge in [-0.05, 0) is 50.6 Å². The summed E-state index contributed by atoms with van der Waals surface area (Å²) in [6, 6.07) is 13.7. The van der Waals surface area contributed by atoms with Gasteiger partial charge < -0.3 is 0 Å². The first-order valence-electron chi connectivity index (χ1n) is 9.21. The second-order valence-corrected chi connectivity index (χ2v) is 11.4. The van der Waals surface area contributed by atoms with Crippen molar-refractivity contribution in [3.05, 3.63) is 57.9 Å². The molecule has 0 saturated heterocycles. The van der Waals surface area contributed by atoms with E-state index in [9.17, 15) is 8.42 Å². The molecule has 2 aromatic carbocycles. The Labute approximate surface area is 180 Å².